The molecule has 0 aromatic heterocycles. The molecule has 0 aliphatic heterocycles. The van der Waals surface area contributed by atoms with Gasteiger partial charge in [-0.25, -0.2) is 4.79 Å². The summed E-state index contributed by atoms with van der Waals surface area (Å²) in [5.41, 5.74) is 1.39. The number of allylic oxidation sites excluding steroid dienone is 1. The predicted octanol–water partition coefficient (Wildman–Crippen LogP) is 3.71. The van der Waals surface area contributed by atoms with Gasteiger partial charge in [0, 0.05) is 5.57 Å². The standard InChI is InChI=1S/C13H24O2/c1-9(10(2)12(3,4)5)11(14)15-13(6,7)8/h1-8H3/b10-9+. The lowest BCUT2D eigenvalue weighted by molar-refractivity contribution is -0.149. The maximum atomic E-state index is 11.8. The molecule has 0 N–H and O–H groups in total. The Bertz CT molecular complexity index is 272. The molecule has 0 aromatic carbocycles. The van der Waals surface area contributed by atoms with E-state index in [0.29, 0.717) is 0 Å². The first-order chi connectivity index (χ1) is 6.45. The fraction of sp³-hybridized carbons (Fsp3) is 0.769. The second kappa shape index (κ2) is 4.38. The van der Waals surface area contributed by atoms with Crippen molar-refractivity contribution in [2.75, 3.05) is 0 Å². The van der Waals surface area contributed by atoms with Crippen molar-refractivity contribution in [3.05, 3.63) is 11.1 Å². The van der Waals surface area contributed by atoms with E-state index in [1.54, 1.807) is 0 Å². The predicted molar refractivity (Wildman–Crippen MR) is 63.7 cm³/mol. The van der Waals surface area contributed by atoms with Crippen LogP contribution in [0.25, 0.3) is 0 Å². The Hall–Kier alpha value is -0.790. The molecule has 0 heterocycles. The van der Waals surface area contributed by atoms with Crippen molar-refractivity contribution in [3.63, 3.8) is 0 Å². The quantitative estimate of drug-likeness (QED) is 0.489. The van der Waals surface area contributed by atoms with Gasteiger partial charge in [0.15, 0.2) is 0 Å². The Balaban J connectivity index is 4.87. The third-order valence-corrected chi connectivity index (χ3v) is 2.39. The molecular formula is C13H24O2. The van der Waals surface area contributed by atoms with Crippen LogP contribution in [0.3, 0.4) is 0 Å². The highest BCUT2D eigenvalue weighted by Crippen LogP contribution is 2.28. The van der Waals surface area contributed by atoms with E-state index in [1.807, 2.05) is 34.6 Å². The summed E-state index contributed by atoms with van der Waals surface area (Å²) in [6, 6.07) is 0. The van der Waals surface area contributed by atoms with Crippen LogP contribution in [0.15, 0.2) is 11.1 Å². The maximum absolute atomic E-state index is 11.8. The van der Waals surface area contributed by atoms with Crippen molar-refractivity contribution in [2.45, 2.75) is 61.0 Å². The van der Waals surface area contributed by atoms with Crippen molar-refractivity contribution < 1.29 is 9.53 Å². The van der Waals surface area contributed by atoms with Crippen LogP contribution < -0.4 is 0 Å². The molecule has 0 aliphatic carbocycles. The number of hydrogen-bond donors (Lipinski definition) is 0. The summed E-state index contributed by atoms with van der Waals surface area (Å²) in [6.07, 6.45) is 0. The van der Waals surface area contributed by atoms with E-state index < -0.39 is 5.60 Å². The molecule has 2 heteroatoms. The van der Waals surface area contributed by atoms with Crippen LogP contribution in [-0.2, 0) is 9.53 Å². The molecule has 0 saturated heterocycles. The monoisotopic (exact) mass is 212 g/mol. The van der Waals surface area contributed by atoms with Gasteiger partial charge in [0.05, 0.1) is 0 Å². The molecule has 0 atom stereocenters. The maximum Gasteiger partial charge on any atom is 0.334 e. The van der Waals surface area contributed by atoms with Gasteiger partial charge in [-0.2, -0.15) is 0 Å². The van der Waals surface area contributed by atoms with Gasteiger partial charge >= 0.3 is 5.97 Å². The molecule has 88 valence electrons. The molecule has 0 amide bonds. The molecular weight excluding hydrogens is 188 g/mol. The summed E-state index contributed by atoms with van der Waals surface area (Å²) in [5, 5.41) is 0. The summed E-state index contributed by atoms with van der Waals surface area (Å²) in [5.74, 6) is -0.213. The number of carbonyl (C=O) groups excluding carboxylic acids is 1. The Morgan fingerprint density at radius 1 is 0.933 bits per heavy atom. The van der Waals surface area contributed by atoms with Crippen LogP contribution in [0.2, 0.25) is 0 Å². The third kappa shape index (κ3) is 5.01. The average Bonchev–Trinajstić information content (AvgIpc) is 1.96. The summed E-state index contributed by atoms with van der Waals surface area (Å²) >= 11 is 0. The van der Waals surface area contributed by atoms with E-state index in [2.05, 4.69) is 20.8 Å². The van der Waals surface area contributed by atoms with Gasteiger partial charge in [0.25, 0.3) is 0 Å². The van der Waals surface area contributed by atoms with E-state index >= 15 is 0 Å². The van der Waals surface area contributed by atoms with E-state index in [0.717, 1.165) is 11.1 Å². The molecule has 0 rings (SSSR count). The van der Waals surface area contributed by atoms with Crippen LogP contribution >= 0.6 is 0 Å². The number of esters is 1. The molecule has 0 aromatic rings. The lowest BCUT2D eigenvalue weighted by Gasteiger charge is -2.24. The fourth-order valence-corrected chi connectivity index (χ4v) is 1.07. The fourth-order valence-electron chi connectivity index (χ4n) is 1.07. The van der Waals surface area contributed by atoms with Crippen molar-refractivity contribution in [2.24, 2.45) is 5.41 Å². The highest BCUT2D eigenvalue weighted by Gasteiger charge is 2.22. The molecule has 0 spiro atoms. The van der Waals surface area contributed by atoms with Crippen LogP contribution in [0.4, 0.5) is 0 Å². The van der Waals surface area contributed by atoms with Crippen molar-refractivity contribution in [1.29, 1.82) is 0 Å². The third-order valence-electron chi connectivity index (χ3n) is 2.39. The SMILES string of the molecule is C/C(C(=O)OC(C)(C)C)=C(/C)C(C)(C)C. The summed E-state index contributed by atoms with van der Waals surface area (Å²) in [4.78, 5) is 11.8. The van der Waals surface area contributed by atoms with Crippen LogP contribution in [-0.4, -0.2) is 11.6 Å². The largest absolute Gasteiger partial charge is 0.457 e. The minimum atomic E-state index is -0.420. The highest BCUT2D eigenvalue weighted by molar-refractivity contribution is 5.89. The molecule has 0 saturated carbocycles. The molecule has 15 heavy (non-hydrogen) atoms. The van der Waals surface area contributed by atoms with Crippen molar-refractivity contribution >= 4 is 5.97 Å². The topological polar surface area (TPSA) is 26.3 Å². The Kier molecular flexibility index (Phi) is 4.15. The second-order valence-electron chi connectivity index (χ2n) is 6.00. The molecule has 0 bridgehead atoms. The van der Waals surface area contributed by atoms with E-state index in [9.17, 15) is 4.79 Å². The minimum absolute atomic E-state index is 0.0149. The van der Waals surface area contributed by atoms with E-state index in [4.69, 9.17) is 4.74 Å². The zero-order valence-electron chi connectivity index (χ0n) is 11.3. The normalized spacial score (nSPS) is 14.7. The molecule has 2 nitrogen and oxygen atoms in total. The zero-order chi connectivity index (χ0) is 12.4. The zero-order valence-corrected chi connectivity index (χ0v) is 11.3. The van der Waals surface area contributed by atoms with Crippen molar-refractivity contribution in [3.8, 4) is 0 Å². The van der Waals surface area contributed by atoms with Gasteiger partial charge in [-0.05, 0) is 40.0 Å². The smallest absolute Gasteiger partial charge is 0.334 e. The number of rotatable bonds is 1. The van der Waals surface area contributed by atoms with Crippen molar-refractivity contribution in [1.82, 2.24) is 0 Å². The van der Waals surface area contributed by atoms with Gasteiger partial charge in [0.2, 0.25) is 0 Å². The summed E-state index contributed by atoms with van der Waals surface area (Å²) in [6.45, 7) is 15.7. The Labute approximate surface area is 93.7 Å². The number of ether oxygens (including phenoxy) is 1. The highest BCUT2D eigenvalue weighted by atomic mass is 16.6. The van der Waals surface area contributed by atoms with E-state index in [-0.39, 0.29) is 11.4 Å². The summed E-state index contributed by atoms with van der Waals surface area (Å²) in [7, 11) is 0. The van der Waals surface area contributed by atoms with Crippen LogP contribution in [0.1, 0.15) is 55.4 Å². The van der Waals surface area contributed by atoms with Gasteiger partial charge < -0.3 is 4.74 Å². The van der Waals surface area contributed by atoms with Gasteiger partial charge in [0.1, 0.15) is 5.60 Å². The number of carbonyl (C=O) groups is 1. The molecule has 0 radical (unpaired) electrons. The van der Waals surface area contributed by atoms with Gasteiger partial charge in [-0.15, -0.1) is 0 Å². The van der Waals surface area contributed by atoms with E-state index in [1.165, 1.54) is 0 Å². The second-order valence-corrected chi connectivity index (χ2v) is 6.00. The van der Waals surface area contributed by atoms with Gasteiger partial charge in [-0.3, -0.25) is 0 Å². The van der Waals surface area contributed by atoms with Gasteiger partial charge in [-0.1, -0.05) is 26.3 Å². The Morgan fingerprint density at radius 3 is 1.60 bits per heavy atom. The Morgan fingerprint density at radius 2 is 1.33 bits per heavy atom. The average molecular weight is 212 g/mol. The first-order valence-electron chi connectivity index (χ1n) is 5.36. The molecule has 0 aliphatic rings. The van der Waals surface area contributed by atoms with Crippen LogP contribution in [0.5, 0.6) is 0 Å². The van der Waals surface area contributed by atoms with Crippen LogP contribution in [0, 0.1) is 5.41 Å². The molecule has 0 fully saturated rings. The first kappa shape index (κ1) is 14.2. The lowest BCUT2D eigenvalue weighted by Crippen LogP contribution is -2.25. The minimum Gasteiger partial charge on any atom is -0.457 e. The lowest BCUT2D eigenvalue weighted by atomic mass is 9.85. The number of hydrogen-bond acceptors (Lipinski definition) is 2. The molecule has 0 unspecified atom stereocenters. The first-order valence-corrected chi connectivity index (χ1v) is 5.36. The summed E-state index contributed by atoms with van der Waals surface area (Å²) < 4.78 is 5.32.